The average Bonchev–Trinajstić information content (AvgIpc) is 3.65. The average molecular weight is 524 g/mol. The van der Waals surface area contributed by atoms with E-state index in [4.69, 9.17) is 25.2 Å². The minimum Gasteiger partial charge on any atom is -0.436 e. The van der Waals surface area contributed by atoms with E-state index in [-0.39, 0.29) is 0 Å². The highest BCUT2D eigenvalue weighted by Crippen LogP contribution is 2.45. The first-order valence-electron chi connectivity index (χ1n) is 12.7. The Bertz CT molecular complexity index is 2170. The summed E-state index contributed by atoms with van der Waals surface area (Å²) in [7, 11) is 0. The Hall–Kier alpha value is -5.01. The number of aryl methyl sites for hydroxylation is 1. The lowest BCUT2D eigenvalue weighted by Crippen LogP contribution is -2.02. The molecule has 2 N–H and O–H groups in total. The lowest BCUT2D eigenvalue weighted by molar-refractivity contribution is 0.620. The van der Waals surface area contributed by atoms with Gasteiger partial charge < -0.3 is 10.2 Å². The number of para-hydroxylation sites is 3. The van der Waals surface area contributed by atoms with E-state index < -0.39 is 0 Å². The summed E-state index contributed by atoms with van der Waals surface area (Å²) in [5.41, 5.74) is 13.3. The smallest absolute Gasteiger partial charge is 0.231 e. The molecule has 0 unspecified atom stereocenters. The molecule has 4 heterocycles. The zero-order chi connectivity index (χ0) is 26.1. The molecule has 8 rings (SSSR count). The van der Waals surface area contributed by atoms with Gasteiger partial charge in [0.25, 0.3) is 0 Å². The van der Waals surface area contributed by atoms with Gasteiger partial charge in [-0.15, -0.1) is 11.3 Å². The third-order valence-corrected chi connectivity index (χ3v) is 8.34. The van der Waals surface area contributed by atoms with Crippen molar-refractivity contribution in [2.75, 3.05) is 5.73 Å². The predicted octanol–water partition coefficient (Wildman–Crippen LogP) is 8.15. The van der Waals surface area contributed by atoms with Crippen LogP contribution >= 0.6 is 11.3 Å². The predicted molar refractivity (Wildman–Crippen MR) is 159 cm³/mol. The minimum absolute atomic E-state index is 0.344. The second kappa shape index (κ2) is 8.24. The normalized spacial score (nSPS) is 11.8. The topological polar surface area (TPSA) is 82.8 Å². The maximum atomic E-state index is 6.77. The van der Waals surface area contributed by atoms with Gasteiger partial charge in [0.2, 0.25) is 5.89 Å². The van der Waals surface area contributed by atoms with Gasteiger partial charge in [-0.05, 0) is 55.0 Å². The molecule has 0 aliphatic heterocycles. The quantitative estimate of drug-likeness (QED) is 0.253. The van der Waals surface area contributed by atoms with Crippen LogP contribution in [0.2, 0.25) is 0 Å². The van der Waals surface area contributed by atoms with E-state index in [2.05, 4.69) is 42.5 Å². The Morgan fingerprint density at radius 2 is 1.54 bits per heavy atom. The maximum Gasteiger partial charge on any atom is 0.231 e. The highest BCUT2D eigenvalue weighted by atomic mass is 32.1. The largest absolute Gasteiger partial charge is 0.436 e. The van der Waals surface area contributed by atoms with Crippen LogP contribution in [0.4, 0.5) is 5.82 Å². The molecule has 0 radical (unpaired) electrons. The van der Waals surface area contributed by atoms with Crippen molar-refractivity contribution >= 4 is 59.5 Å². The van der Waals surface area contributed by atoms with Gasteiger partial charge >= 0.3 is 0 Å². The summed E-state index contributed by atoms with van der Waals surface area (Å²) in [4.78, 5) is 9.71. The molecule has 0 saturated heterocycles. The van der Waals surface area contributed by atoms with E-state index in [1.54, 1.807) is 11.3 Å². The van der Waals surface area contributed by atoms with Crippen molar-refractivity contribution < 1.29 is 4.42 Å². The molecule has 0 spiro atoms. The summed E-state index contributed by atoms with van der Waals surface area (Å²) in [6.45, 7) is 2.01. The third kappa shape index (κ3) is 3.30. The molecule has 7 heteroatoms. The van der Waals surface area contributed by atoms with Gasteiger partial charge in [0.1, 0.15) is 11.3 Å². The monoisotopic (exact) mass is 523 g/mol. The molecular formula is C32H21N5OS. The van der Waals surface area contributed by atoms with Crippen LogP contribution in [0.3, 0.4) is 0 Å². The van der Waals surface area contributed by atoms with E-state index in [1.807, 2.05) is 66.2 Å². The second-order valence-corrected chi connectivity index (χ2v) is 10.7. The van der Waals surface area contributed by atoms with Crippen LogP contribution in [-0.4, -0.2) is 19.7 Å². The number of hydrogen-bond donors (Lipinski definition) is 1. The molecule has 6 nitrogen and oxygen atoms in total. The zero-order valence-corrected chi connectivity index (χ0v) is 21.7. The van der Waals surface area contributed by atoms with Crippen molar-refractivity contribution in [2.45, 2.75) is 6.92 Å². The fraction of sp³-hybridized carbons (Fsp3) is 0.0312. The van der Waals surface area contributed by atoms with Crippen LogP contribution in [0.1, 0.15) is 5.69 Å². The second-order valence-electron chi connectivity index (χ2n) is 9.57. The van der Waals surface area contributed by atoms with Crippen LogP contribution in [0.5, 0.6) is 0 Å². The van der Waals surface area contributed by atoms with E-state index >= 15 is 0 Å². The van der Waals surface area contributed by atoms with Gasteiger partial charge in [0.15, 0.2) is 11.2 Å². The van der Waals surface area contributed by atoms with Gasteiger partial charge in [0.05, 0.1) is 22.3 Å². The summed E-state index contributed by atoms with van der Waals surface area (Å²) in [6, 6.07) is 32.8. The number of aromatic nitrogens is 4. The molecule has 4 aromatic heterocycles. The summed E-state index contributed by atoms with van der Waals surface area (Å²) in [5, 5.41) is 8.27. The van der Waals surface area contributed by atoms with Crippen LogP contribution in [0, 0.1) is 6.92 Å². The van der Waals surface area contributed by atoms with Crippen molar-refractivity contribution in [1.29, 1.82) is 0 Å². The van der Waals surface area contributed by atoms with E-state index in [0.717, 1.165) is 33.4 Å². The van der Waals surface area contributed by atoms with Gasteiger partial charge in [-0.25, -0.2) is 14.6 Å². The third-order valence-electron chi connectivity index (χ3n) is 7.19. The molecule has 0 aliphatic rings. The number of rotatable bonds is 3. The summed E-state index contributed by atoms with van der Waals surface area (Å²) in [6.07, 6.45) is 0. The van der Waals surface area contributed by atoms with Crippen molar-refractivity contribution in [3.63, 3.8) is 0 Å². The summed E-state index contributed by atoms with van der Waals surface area (Å²) >= 11 is 1.80. The number of pyridine rings is 1. The number of oxazole rings is 1. The van der Waals surface area contributed by atoms with E-state index in [0.29, 0.717) is 28.5 Å². The summed E-state index contributed by atoms with van der Waals surface area (Å²) < 4.78 is 10.6. The number of nitrogens with two attached hydrogens (primary N) is 1. The molecule has 39 heavy (non-hydrogen) atoms. The molecule has 0 fully saturated rings. The lowest BCUT2D eigenvalue weighted by atomic mass is 9.95. The first kappa shape index (κ1) is 22.0. The maximum absolute atomic E-state index is 6.77. The highest BCUT2D eigenvalue weighted by Gasteiger charge is 2.26. The molecule has 4 aromatic carbocycles. The van der Waals surface area contributed by atoms with Gasteiger partial charge in [-0.1, -0.05) is 54.6 Å². The Kier molecular flexibility index (Phi) is 4.65. The first-order valence-corrected chi connectivity index (χ1v) is 13.5. The fourth-order valence-electron chi connectivity index (χ4n) is 5.45. The molecule has 8 aromatic rings. The van der Waals surface area contributed by atoms with Crippen molar-refractivity contribution in [3.05, 3.63) is 103 Å². The van der Waals surface area contributed by atoms with Crippen molar-refractivity contribution in [1.82, 2.24) is 19.7 Å². The van der Waals surface area contributed by atoms with Crippen molar-refractivity contribution in [2.24, 2.45) is 0 Å². The number of thiophene rings is 1. The first-order chi connectivity index (χ1) is 19.2. The van der Waals surface area contributed by atoms with E-state index in [9.17, 15) is 0 Å². The summed E-state index contributed by atoms with van der Waals surface area (Å²) in [5.74, 6) is 0.789. The Labute approximate surface area is 227 Å². The number of nitrogen functional groups attached to an aromatic ring is 1. The molecule has 0 saturated carbocycles. The molecule has 0 amide bonds. The van der Waals surface area contributed by atoms with Crippen LogP contribution < -0.4 is 5.73 Å². The van der Waals surface area contributed by atoms with Gasteiger partial charge in [-0.2, -0.15) is 5.10 Å². The Morgan fingerprint density at radius 1 is 0.769 bits per heavy atom. The zero-order valence-electron chi connectivity index (χ0n) is 20.9. The SMILES string of the molecule is Cc1nn(-c2ccccc2)c2nc(N)c(-c3nc4ccccc4o3)c(-c3ccc4sc5ccccc5c4c3)c12. The number of nitrogens with zero attached hydrogens (tertiary/aromatic N) is 4. The Balaban J connectivity index is 1.50. The molecular weight excluding hydrogens is 502 g/mol. The molecule has 0 aliphatic carbocycles. The van der Waals surface area contributed by atoms with E-state index in [1.165, 1.54) is 20.2 Å². The van der Waals surface area contributed by atoms with Crippen molar-refractivity contribution in [3.8, 4) is 28.3 Å². The van der Waals surface area contributed by atoms with Crippen LogP contribution in [-0.2, 0) is 0 Å². The number of anilines is 1. The fourth-order valence-corrected chi connectivity index (χ4v) is 6.54. The molecule has 186 valence electrons. The van der Waals surface area contributed by atoms with Gasteiger partial charge in [0, 0.05) is 25.7 Å². The number of fused-ring (bicyclic) bond motifs is 5. The number of benzene rings is 4. The molecule has 0 bridgehead atoms. The Morgan fingerprint density at radius 3 is 2.41 bits per heavy atom. The highest BCUT2D eigenvalue weighted by molar-refractivity contribution is 7.25. The van der Waals surface area contributed by atoms with Crippen LogP contribution in [0.25, 0.3) is 70.6 Å². The lowest BCUT2D eigenvalue weighted by Gasteiger charge is -2.13. The van der Waals surface area contributed by atoms with Crippen LogP contribution in [0.15, 0.2) is 101 Å². The minimum atomic E-state index is 0.344. The number of hydrogen-bond acceptors (Lipinski definition) is 6. The standard InChI is InChI=1S/C32H21N5OS/c1-18-27-28(19-15-16-26-22(17-19)21-11-5-8-14-25(21)39-26)29(32-34-23-12-6-7-13-24(23)38-32)30(33)35-31(27)37(36-18)20-9-3-2-4-10-20/h2-17H,1H3,(H2,33,35). The molecule has 0 atom stereocenters. The van der Waals surface area contributed by atoms with Gasteiger partial charge in [-0.3, -0.25) is 0 Å².